The number of aromatic nitrogens is 1. The van der Waals surface area contributed by atoms with Crippen molar-refractivity contribution < 1.29 is 5.11 Å². The number of likely N-dealkylation sites (tertiary alicyclic amines) is 1. The van der Waals surface area contributed by atoms with Crippen molar-refractivity contribution in [3.8, 4) is 6.07 Å². The number of hydrogen-bond acceptors (Lipinski definition) is 6. The van der Waals surface area contributed by atoms with Gasteiger partial charge in [-0.1, -0.05) is 24.3 Å². The zero-order valence-electron chi connectivity index (χ0n) is 13.8. The minimum absolute atomic E-state index is 0.142. The molecule has 2 heterocycles. The Morgan fingerprint density at radius 2 is 2.04 bits per heavy atom. The molecule has 5 nitrogen and oxygen atoms in total. The Labute approximate surface area is 146 Å². The van der Waals surface area contributed by atoms with Crippen LogP contribution < -0.4 is 5.32 Å². The van der Waals surface area contributed by atoms with E-state index in [2.05, 4.69) is 38.9 Å². The van der Waals surface area contributed by atoms with Crippen LogP contribution in [0, 0.1) is 18.3 Å². The summed E-state index contributed by atoms with van der Waals surface area (Å²) < 4.78 is 4.25. The molecule has 3 rings (SSSR count). The minimum atomic E-state index is -0.142. The van der Waals surface area contributed by atoms with E-state index in [0.717, 1.165) is 43.2 Å². The van der Waals surface area contributed by atoms with Gasteiger partial charge < -0.3 is 10.4 Å². The van der Waals surface area contributed by atoms with E-state index in [9.17, 15) is 10.4 Å². The summed E-state index contributed by atoms with van der Waals surface area (Å²) in [7, 11) is 0. The van der Waals surface area contributed by atoms with Crippen molar-refractivity contribution in [1.29, 1.82) is 5.26 Å². The van der Waals surface area contributed by atoms with E-state index < -0.39 is 0 Å². The van der Waals surface area contributed by atoms with E-state index in [1.807, 2.05) is 13.0 Å². The molecule has 0 saturated carbocycles. The maximum absolute atomic E-state index is 9.64. The summed E-state index contributed by atoms with van der Waals surface area (Å²) in [5.74, 6) is 0. The Balaban J connectivity index is 1.67. The van der Waals surface area contributed by atoms with E-state index in [4.69, 9.17) is 0 Å². The number of nitriles is 1. The van der Waals surface area contributed by atoms with Gasteiger partial charge >= 0.3 is 0 Å². The molecule has 1 fully saturated rings. The predicted molar refractivity (Wildman–Crippen MR) is 95.9 cm³/mol. The van der Waals surface area contributed by atoms with Crippen LogP contribution in [-0.2, 0) is 13.1 Å². The number of aliphatic hydroxyl groups excluding tert-OH is 1. The van der Waals surface area contributed by atoms with E-state index in [0.29, 0.717) is 12.1 Å². The number of hydrogen-bond donors (Lipinski definition) is 2. The molecule has 0 aliphatic carbocycles. The third-order valence-electron chi connectivity index (χ3n) is 4.48. The number of nitrogens with zero attached hydrogens (tertiary/aromatic N) is 3. The van der Waals surface area contributed by atoms with Gasteiger partial charge in [-0.3, -0.25) is 4.90 Å². The van der Waals surface area contributed by atoms with Crippen molar-refractivity contribution in [2.45, 2.75) is 39.0 Å². The standard InChI is InChI=1S/C18H22N4OS/c1-13-17(10-19)18(24-21-13)20-11-14-4-2-3-5-15(14)12-22-8-6-16(23)7-9-22/h2-5,16,20,23H,6-9,11-12H2,1H3. The molecule has 2 aromatic rings. The Bertz CT molecular complexity index is 729. The molecule has 1 saturated heterocycles. The molecule has 2 N–H and O–H groups in total. The van der Waals surface area contributed by atoms with Crippen molar-refractivity contribution in [3.63, 3.8) is 0 Å². The van der Waals surface area contributed by atoms with Crippen LogP contribution in [0.2, 0.25) is 0 Å². The lowest BCUT2D eigenvalue weighted by molar-refractivity contribution is 0.0791. The highest BCUT2D eigenvalue weighted by molar-refractivity contribution is 7.10. The fraction of sp³-hybridized carbons (Fsp3) is 0.444. The minimum Gasteiger partial charge on any atom is -0.393 e. The zero-order chi connectivity index (χ0) is 16.9. The predicted octanol–water partition coefficient (Wildman–Crippen LogP) is 2.89. The molecular formula is C18H22N4OS. The normalized spacial score (nSPS) is 16.0. The summed E-state index contributed by atoms with van der Waals surface area (Å²) in [5.41, 5.74) is 3.95. The fourth-order valence-corrected chi connectivity index (χ4v) is 3.74. The third-order valence-corrected chi connectivity index (χ3v) is 5.38. The van der Waals surface area contributed by atoms with Crippen LogP contribution in [0.1, 0.15) is 35.2 Å². The number of benzene rings is 1. The Kier molecular flexibility index (Phi) is 5.46. The van der Waals surface area contributed by atoms with Gasteiger partial charge in [0.05, 0.1) is 11.8 Å². The lowest BCUT2D eigenvalue weighted by Crippen LogP contribution is -2.35. The van der Waals surface area contributed by atoms with Crippen molar-refractivity contribution in [2.24, 2.45) is 0 Å². The highest BCUT2D eigenvalue weighted by Crippen LogP contribution is 2.25. The summed E-state index contributed by atoms with van der Waals surface area (Å²) in [6.45, 7) is 5.32. The molecule has 1 aromatic heterocycles. The largest absolute Gasteiger partial charge is 0.393 e. The molecule has 24 heavy (non-hydrogen) atoms. The first-order valence-electron chi connectivity index (χ1n) is 8.25. The number of aliphatic hydroxyl groups is 1. The molecule has 0 spiro atoms. The number of piperidine rings is 1. The number of rotatable bonds is 5. The summed E-state index contributed by atoms with van der Waals surface area (Å²) in [5, 5.41) is 23.1. The van der Waals surface area contributed by atoms with Crippen molar-refractivity contribution in [2.75, 3.05) is 18.4 Å². The quantitative estimate of drug-likeness (QED) is 0.874. The molecule has 0 bridgehead atoms. The van der Waals surface area contributed by atoms with Crippen LogP contribution in [0.5, 0.6) is 0 Å². The van der Waals surface area contributed by atoms with Crippen molar-refractivity contribution in [1.82, 2.24) is 9.27 Å². The smallest absolute Gasteiger partial charge is 0.127 e. The Hall–Kier alpha value is -1.94. The second kappa shape index (κ2) is 7.75. The molecule has 0 amide bonds. The molecule has 126 valence electrons. The number of nitrogens with one attached hydrogen (secondary N) is 1. The topological polar surface area (TPSA) is 72.2 Å². The molecule has 6 heteroatoms. The molecule has 1 aliphatic heterocycles. The Morgan fingerprint density at radius 3 is 2.75 bits per heavy atom. The van der Waals surface area contributed by atoms with Crippen molar-refractivity contribution in [3.05, 3.63) is 46.6 Å². The SMILES string of the molecule is Cc1nsc(NCc2ccccc2CN2CCC(O)CC2)c1C#N. The Morgan fingerprint density at radius 1 is 1.33 bits per heavy atom. The van der Waals surface area contributed by atoms with Gasteiger partial charge in [0.1, 0.15) is 16.6 Å². The molecule has 0 unspecified atom stereocenters. The van der Waals surface area contributed by atoms with Crippen LogP contribution in [0.4, 0.5) is 5.00 Å². The van der Waals surface area contributed by atoms with Gasteiger partial charge in [-0.2, -0.15) is 9.64 Å². The average molecular weight is 342 g/mol. The molecule has 1 aromatic carbocycles. The number of aryl methyl sites for hydroxylation is 1. The summed E-state index contributed by atoms with van der Waals surface area (Å²) in [6, 6.07) is 10.6. The average Bonchev–Trinajstić information content (AvgIpc) is 2.96. The van der Waals surface area contributed by atoms with E-state index >= 15 is 0 Å². The maximum Gasteiger partial charge on any atom is 0.127 e. The second-order valence-corrected chi connectivity index (χ2v) is 6.99. The summed E-state index contributed by atoms with van der Waals surface area (Å²) >= 11 is 1.34. The van der Waals surface area contributed by atoms with Crippen LogP contribution >= 0.6 is 11.5 Å². The first kappa shape index (κ1) is 16.9. The van der Waals surface area contributed by atoms with E-state index in [-0.39, 0.29) is 6.10 Å². The number of anilines is 1. The molecule has 0 radical (unpaired) electrons. The molecule has 1 aliphatic rings. The fourth-order valence-electron chi connectivity index (χ4n) is 3.00. The lowest BCUT2D eigenvalue weighted by Gasteiger charge is -2.30. The van der Waals surface area contributed by atoms with Gasteiger partial charge in [-0.15, -0.1) is 0 Å². The first-order chi connectivity index (χ1) is 11.7. The lowest BCUT2D eigenvalue weighted by atomic mass is 10.0. The van der Waals surface area contributed by atoms with Gasteiger partial charge in [-0.25, -0.2) is 0 Å². The van der Waals surface area contributed by atoms with Gasteiger partial charge in [0, 0.05) is 26.2 Å². The van der Waals surface area contributed by atoms with Crippen LogP contribution in [-0.4, -0.2) is 33.6 Å². The van der Waals surface area contributed by atoms with Crippen LogP contribution in [0.3, 0.4) is 0 Å². The van der Waals surface area contributed by atoms with Gasteiger partial charge in [-0.05, 0) is 42.4 Å². The van der Waals surface area contributed by atoms with Gasteiger partial charge in [0.25, 0.3) is 0 Å². The van der Waals surface area contributed by atoms with Crippen LogP contribution in [0.15, 0.2) is 24.3 Å². The van der Waals surface area contributed by atoms with Gasteiger partial charge in [0.2, 0.25) is 0 Å². The monoisotopic (exact) mass is 342 g/mol. The maximum atomic E-state index is 9.64. The highest BCUT2D eigenvalue weighted by Gasteiger charge is 2.18. The summed E-state index contributed by atoms with van der Waals surface area (Å²) in [4.78, 5) is 2.39. The highest BCUT2D eigenvalue weighted by atomic mass is 32.1. The van der Waals surface area contributed by atoms with E-state index in [1.54, 1.807) is 0 Å². The molecule has 0 atom stereocenters. The first-order valence-corrected chi connectivity index (χ1v) is 9.02. The third kappa shape index (κ3) is 3.93. The van der Waals surface area contributed by atoms with Crippen LogP contribution in [0.25, 0.3) is 0 Å². The zero-order valence-corrected chi connectivity index (χ0v) is 14.6. The summed E-state index contributed by atoms with van der Waals surface area (Å²) in [6.07, 6.45) is 1.56. The molecular weight excluding hydrogens is 320 g/mol. The van der Waals surface area contributed by atoms with E-state index in [1.165, 1.54) is 22.7 Å². The van der Waals surface area contributed by atoms with Gasteiger partial charge in [0.15, 0.2) is 0 Å². The second-order valence-electron chi connectivity index (χ2n) is 6.21. The van der Waals surface area contributed by atoms with Crippen molar-refractivity contribution >= 4 is 16.5 Å².